The van der Waals surface area contributed by atoms with Crippen LogP contribution in [-0.4, -0.2) is 75.6 Å². The van der Waals surface area contributed by atoms with Gasteiger partial charge in [-0.1, -0.05) is 270 Å². The first-order chi connectivity index (χ1) is 33.1. The molecule has 0 saturated carbocycles. The number of phosphoric ester groups is 1. The molecule has 68 heavy (non-hydrogen) atoms. The van der Waals surface area contributed by atoms with Crippen molar-refractivity contribution in [3.8, 4) is 0 Å². The minimum Gasteiger partial charge on any atom is -0.457 e. The third-order valence-electron chi connectivity index (χ3n) is 13.6. The predicted molar refractivity (Wildman–Crippen MR) is 294 cm³/mol. The van der Waals surface area contributed by atoms with Crippen LogP contribution in [0.4, 0.5) is 0 Å². The van der Waals surface area contributed by atoms with Crippen LogP contribution in [0.2, 0.25) is 0 Å². The second kappa shape index (κ2) is 52.6. The molecule has 0 bridgehead atoms. The van der Waals surface area contributed by atoms with Crippen LogP contribution in [0.15, 0.2) is 12.2 Å². The molecule has 0 radical (unpaired) electrons. The number of allylic oxidation sites excluding steroid dienone is 2. The maximum Gasteiger partial charge on any atom is 0.472 e. The van der Waals surface area contributed by atoms with E-state index in [1.165, 1.54) is 250 Å². The van der Waals surface area contributed by atoms with Gasteiger partial charge in [-0.15, -0.1) is 0 Å². The molecule has 406 valence electrons. The molecule has 0 heterocycles. The van der Waals surface area contributed by atoms with Crippen LogP contribution in [0, 0.1) is 0 Å². The van der Waals surface area contributed by atoms with Crippen molar-refractivity contribution in [3.05, 3.63) is 12.2 Å². The highest BCUT2D eigenvalue weighted by molar-refractivity contribution is 7.47. The molecule has 0 aromatic rings. The van der Waals surface area contributed by atoms with Gasteiger partial charge in [-0.05, 0) is 38.5 Å². The van der Waals surface area contributed by atoms with E-state index in [9.17, 15) is 14.3 Å². The van der Waals surface area contributed by atoms with Crippen molar-refractivity contribution >= 4 is 13.8 Å². The average molecular weight is 986 g/mol. The minimum absolute atomic E-state index is 0.0929. The van der Waals surface area contributed by atoms with E-state index in [-0.39, 0.29) is 25.8 Å². The second-order valence-electron chi connectivity index (χ2n) is 21.7. The van der Waals surface area contributed by atoms with Crippen LogP contribution in [-0.2, 0) is 27.9 Å². The van der Waals surface area contributed by atoms with Crippen molar-refractivity contribution in [3.63, 3.8) is 0 Å². The molecule has 0 fully saturated rings. The van der Waals surface area contributed by atoms with Crippen molar-refractivity contribution in [1.82, 2.24) is 0 Å². The Labute approximate surface area is 424 Å². The highest BCUT2D eigenvalue weighted by Gasteiger charge is 2.26. The molecule has 0 aromatic heterocycles. The van der Waals surface area contributed by atoms with Crippen LogP contribution in [0.3, 0.4) is 0 Å². The lowest BCUT2D eigenvalue weighted by molar-refractivity contribution is -0.870. The van der Waals surface area contributed by atoms with E-state index in [1.807, 2.05) is 21.1 Å². The predicted octanol–water partition coefficient (Wildman–Crippen LogP) is 18.9. The summed E-state index contributed by atoms with van der Waals surface area (Å²) in [6.45, 7) is 5.71. The van der Waals surface area contributed by atoms with E-state index in [2.05, 4.69) is 26.0 Å². The Morgan fingerprint density at radius 2 is 0.765 bits per heavy atom. The number of likely N-dealkylation sites (N-methyl/N-ethyl adjacent to an activating group) is 1. The summed E-state index contributed by atoms with van der Waals surface area (Å²) in [5, 5.41) is 0. The summed E-state index contributed by atoms with van der Waals surface area (Å²) in [5.74, 6) is -0.305. The first-order valence-electron chi connectivity index (χ1n) is 29.9. The van der Waals surface area contributed by atoms with Gasteiger partial charge >= 0.3 is 13.8 Å². The number of rotatable bonds is 57. The number of nitrogens with zero attached hydrogens (tertiary/aromatic N) is 1. The van der Waals surface area contributed by atoms with Gasteiger partial charge in [-0.3, -0.25) is 13.8 Å². The molecule has 0 aliphatic rings. The topological polar surface area (TPSA) is 91.3 Å². The third kappa shape index (κ3) is 56.2. The molecule has 8 nitrogen and oxygen atoms in total. The maximum atomic E-state index is 12.8. The summed E-state index contributed by atoms with van der Waals surface area (Å²) in [7, 11) is 1.69. The Morgan fingerprint density at radius 3 is 1.12 bits per heavy atom. The molecule has 0 aromatic carbocycles. The average Bonchev–Trinajstić information content (AvgIpc) is 3.30. The summed E-state index contributed by atoms with van der Waals surface area (Å²) in [6.07, 6.45) is 62.8. The van der Waals surface area contributed by atoms with Gasteiger partial charge in [0.15, 0.2) is 0 Å². The molecule has 0 amide bonds. The molecule has 0 saturated heterocycles. The number of unbranched alkanes of at least 4 members (excludes halogenated alkanes) is 41. The highest BCUT2D eigenvalue weighted by Crippen LogP contribution is 2.43. The van der Waals surface area contributed by atoms with Gasteiger partial charge in [0.25, 0.3) is 0 Å². The highest BCUT2D eigenvalue weighted by atomic mass is 31.2. The Kier molecular flexibility index (Phi) is 52.0. The number of carbonyl (C=O) groups is 1. The first-order valence-corrected chi connectivity index (χ1v) is 31.4. The monoisotopic (exact) mass is 985 g/mol. The van der Waals surface area contributed by atoms with Crippen LogP contribution in [0.25, 0.3) is 0 Å². The fourth-order valence-corrected chi connectivity index (χ4v) is 9.71. The number of quaternary nitrogens is 1. The molecular formula is C59H119NO7P+. The lowest BCUT2D eigenvalue weighted by Crippen LogP contribution is -2.37. The van der Waals surface area contributed by atoms with E-state index < -0.39 is 13.9 Å². The van der Waals surface area contributed by atoms with Gasteiger partial charge in [0, 0.05) is 13.0 Å². The number of hydrogen-bond donors (Lipinski definition) is 1. The first kappa shape index (κ1) is 67.2. The van der Waals surface area contributed by atoms with E-state index in [0.717, 1.165) is 32.1 Å². The summed E-state index contributed by atoms with van der Waals surface area (Å²) >= 11 is 0. The van der Waals surface area contributed by atoms with Crippen LogP contribution in [0.5, 0.6) is 0 Å². The number of hydrogen-bond acceptors (Lipinski definition) is 6. The van der Waals surface area contributed by atoms with Crippen molar-refractivity contribution in [2.45, 2.75) is 309 Å². The van der Waals surface area contributed by atoms with Gasteiger partial charge in [-0.25, -0.2) is 4.57 Å². The minimum atomic E-state index is -4.28. The van der Waals surface area contributed by atoms with E-state index in [0.29, 0.717) is 24.1 Å². The lowest BCUT2D eigenvalue weighted by atomic mass is 10.0. The number of ether oxygens (including phenoxy) is 2. The summed E-state index contributed by atoms with van der Waals surface area (Å²) in [5.41, 5.74) is 0. The van der Waals surface area contributed by atoms with Gasteiger partial charge in [0.1, 0.15) is 19.3 Å². The second-order valence-corrected chi connectivity index (χ2v) is 23.2. The van der Waals surface area contributed by atoms with Crippen LogP contribution < -0.4 is 0 Å². The van der Waals surface area contributed by atoms with E-state index in [4.69, 9.17) is 18.5 Å². The smallest absolute Gasteiger partial charge is 0.457 e. The van der Waals surface area contributed by atoms with Gasteiger partial charge in [0.2, 0.25) is 0 Å². The largest absolute Gasteiger partial charge is 0.472 e. The van der Waals surface area contributed by atoms with Gasteiger partial charge in [-0.2, -0.15) is 0 Å². The Morgan fingerprint density at radius 1 is 0.441 bits per heavy atom. The molecule has 0 rings (SSSR count). The van der Waals surface area contributed by atoms with E-state index >= 15 is 0 Å². The summed E-state index contributed by atoms with van der Waals surface area (Å²) < 4.78 is 35.3. The molecule has 9 heteroatoms. The van der Waals surface area contributed by atoms with Crippen molar-refractivity contribution < 1.29 is 37.3 Å². The Balaban J connectivity index is 4.00. The molecule has 2 atom stereocenters. The quantitative estimate of drug-likeness (QED) is 0.0213. The third-order valence-corrected chi connectivity index (χ3v) is 14.6. The molecule has 0 aliphatic carbocycles. The molecule has 1 N–H and O–H groups in total. The summed E-state index contributed by atoms with van der Waals surface area (Å²) in [6, 6.07) is 0. The lowest BCUT2D eigenvalue weighted by Gasteiger charge is -2.24. The number of phosphoric acid groups is 1. The normalized spacial score (nSPS) is 13.4. The molecule has 0 spiro atoms. The zero-order chi connectivity index (χ0) is 49.8. The zero-order valence-corrected chi connectivity index (χ0v) is 47.3. The molecule has 0 aliphatic heterocycles. The fraction of sp³-hybridized carbons (Fsp3) is 0.949. The molecular weight excluding hydrogens is 866 g/mol. The Bertz CT molecular complexity index is 1100. The fourth-order valence-electron chi connectivity index (χ4n) is 8.96. The molecule has 2 unspecified atom stereocenters. The Hall–Kier alpha value is -0.760. The number of esters is 1. The van der Waals surface area contributed by atoms with Crippen LogP contribution >= 0.6 is 7.82 Å². The number of carbonyl (C=O) groups excluding carboxylic acids is 1. The van der Waals surface area contributed by atoms with Crippen molar-refractivity contribution in [2.24, 2.45) is 0 Å². The standard InChI is InChI=1S/C59H118NO7P/c1-6-8-10-12-14-16-18-20-22-24-26-28-29-30-31-32-34-36-38-40-42-44-46-48-50-52-59(61)67-58(57-66-68(62,63)65-55-53-60(3,4)5)56-64-54-51-49-47-45-43-41-39-37-35-33-27-25-23-21-19-17-15-13-11-9-7-2/h24,26,58H,6-23,25,27-57H2,1-5H3/p+1/b26-24-. The maximum absolute atomic E-state index is 12.8. The zero-order valence-electron chi connectivity index (χ0n) is 46.4. The van der Waals surface area contributed by atoms with Crippen LogP contribution in [0.1, 0.15) is 303 Å². The van der Waals surface area contributed by atoms with Gasteiger partial charge in [0.05, 0.1) is 34.4 Å². The van der Waals surface area contributed by atoms with Gasteiger partial charge < -0.3 is 18.9 Å². The van der Waals surface area contributed by atoms with E-state index in [1.54, 1.807) is 0 Å². The van der Waals surface area contributed by atoms with Crippen molar-refractivity contribution in [2.75, 3.05) is 54.1 Å². The summed E-state index contributed by atoms with van der Waals surface area (Å²) in [4.78, 5) is 23.1. The SMILES string of the molecule is CCCCCCCCCC/C=C\CCCCCCCCCCCCCCCC(=O)OC(COCCCCCCCCCCCCCCCCCCCCCCC)COP(=O)(O)OCC[N+](C)(C)C. The van der Waals surface area contributed by atoms with Crippen molar-refractivity contribution in [1.29, 1.82) is 0 Å².